The van der Waals surface area contributed by atoms with Gasteiger partial charge in [-0.15, -0.1) is 6.42 Å². The summed E-state index contributed by atoms with van der Waals surface area (Å²) in [7, 11) is 0. The Balaban J connectivity index is 1.38. The maximum atomic E-state index is 16.6. The number of terminal acetylenes is 1. The predicted octanol–water partition coefficient (Wildman–Crippen LogP) is 5.29. The molecule has 3 fully saturated rings. The fraction of sp³-hybridized carbons (Fsp3) is 0.406. The molecule has 2 aromatic carbocycles. The summed E-state index contributed by atoms with van der Waals surface area (Å²) in [6.07, 6.45) is 6.92. The standard InChI is InChI=1S/C32H29F4N5O3/c1-2-21-24(34)6-5-18-11-20(42)12-22(26(18)21)28-27(36)29-23(14-37-28)30(40-8-4-10-43-25(35)16-40)39-31(38-29)44-17-32-7-3-9-41(32)15-19(33)13-32/h1,5-6,11-12,14,19,25,42H,3-4,7-10,13,15-17H2/t19-,25?,32+/m1/s1. The fourth-order valence-electron chi connectivity index (χ4n) is 6.89. The molecule has 4 aromatic rings. The Morgan fingerprint density at radius 1 is 1.14 bits per heavy atom. The van der Waals surface area contributed by atoms with Crippen molar-refractivity contribution < 1.29 is 32.1 Å². The Bertz CT molecular complexity index is 1820. The first-order valence-electron chi connectivity index (χ1n) is 14.6. The van der Waals surface area contributed by atoms with Gasteiger partial charge in [0.25, 0.3) is 0 Å². The lowest BCUT2D eigenvalue weighted by atomic mass is 9.95. The molecule has 8 nitrogen and oxygen atoms in total. The molecule has 0 saturated carbocycles. The summed E-state index contributed by atoms with van der Waals surface area (Å²) in [6.45, 7) is 1.63. The summed E-state index contributed by atoms with van der Waals surface area (Å²) in [6, 6.07) is 5.13. The average molecular weight is 608 g/mol. The van der Waals surface area contributed by atoms with E-state index in [-0.39, 0.29) is 70.4 Å². The molecule has 12 heteroatoms. The molecule has 1 unspecified atom stereocenters. The largest absolute Gasteiger partial charge is 0.508 e. The molecule has 0 amide bonds. The maximum absolute atomic E-state index is 16.6. The molecule has 0 bridgehead atoms. The average Bonchev–Trinajstić information content (AvgIpc) is 3.43. The third-order valence-corrected chi connectivity index (χ3v) is 8.86. The van der Waals surface area contributed by atoms with Crippen LogP contribution in [0.5, 0.6) is 11.8 Å². The van der Waals surface area contributed by atoms with Crippen LogP contribution < -0.4 is 9.64 Å². The number of anilines is 1. The lowest BCUT2D eigenvalue weighted by Gasteiger charge is -2.31. The number of phenols is 1. The van der Waals surface area contributed by atoms with Crippen molar-refractivity contribution in [1.82, 2.24) is 19.9 Å². The van der Waals surface area contributed by atoms with Gasteiger partial charge in [-0.2, -0.15) is 9.97 Å². The van der Waals surface area contributed by atoms with Crippen LogP contribution in [0.15, 0.2) is 30.5 Å². The van der Waals surface area contributed by atoms with Gasteiger partial charge in [-0.05, 0) is 49.4 Å². The van der Waals surface area contributed by atoms with Gasteiger partial charge in [-0.25, -0.2) is 17.6 Å². The molecule has 0 radical (unpaired) electrons. The maximum Gasteiger partial charge on any atom is 0.319 e. The van der Waals surface area contributed by atoms with E-state index in [1.54, 1.807) is 4.90 Å². The smallest absolute Gasteiger partial charge is 0.319 e. The van der Waals surface area contributed by atoms with E-state index in [4.69, 9.17) is 15.9 Å². The van der Waals surface area contributed by atoms with Gasteiger partial charge in [0.15, 0.2) is 5.82 Å². The van der Waals surface area contributed by atoms with E-state index in [1.807, 2.05) is 0 Å². The molecule has 3 aliphatic rings. The third-order valence-electron chi connectivity index (χ3n) is 8.86. The number of fused-ring (bicyclic) bond motifs is 3. The van der Waals surface area contributed by atoms with Crippen LogP contribution in [-0.4, -0.2) is 82.4 Å². The van der Waals surface area contributed by atoms with Gasteiger partial charge in [-0.1, -0.05) is 12.0 Å². The highest BCUT2D eigenvalue weighted by molar-refractivity contribution is 6.03. The number of aromatic nitrogens is 3. The lowest BCUT2D eigenvalue weighted by molar-refractivity contribution is -0.0234. The summed E-state index contributed by atoms with van der Waals surface area (Å²) in [5, 5.41) is 11.3. The number of ether oxygens (including phenoxy) is 2. The van der Waals surface area contributed by atoms with Crippen molar-refractivity contribution in [3.8, 4) is 35.4 Å². The number of halogens is 4. The Hall–Kier alpha value is -4.21. The van der Waals surface area contributed by atoms with E-state index >= 15 is 4.39 Å². The van der Waals surface area contributed by atoms with Gasteiger partial charge in [0.2, 0.25) is 6.36 Å². The number of nitrogens with zero attached hydrogens (tertiary/aromatic N) is 5. The minimum Gasteiger partial charge on any atom is -0.508 e. The van der Waals surface area contributed by atoms with Crippen molar-refractivity contribution in [2.75, 3.05) is 44.3 Å². The van der Waals surface area contributed by atoms with Gasteiger partial charge in [0.05, 0.1) is 29.6 Å². The fourth-order valence-corrected chi connectivity index (χ4v) is 6.89. The molecule has 0 spiro atoms. The topological polar surface area (TPSA) is 83.8 Å². The predicted molar refractivity (Wildman–Crippen MR) is 156 cm³/mol. The minimum absolute atomic E-state index is 0.0712. The summed E-state index contributed by atoms with van der Waals surface area (Å²) >= 11 is 0. The molecule has 3 aliphatic heterocycles. The Kier molecular flexibility index (Phi) is 7.17. The van der Waals surface area contributed by atoms with Crippen LogP contribution in [0, 0.1) is 24.0 Å². The van der Waals surface area contributed by atoms with Crippen LogP contribution in [0.2, 0.25) is 0 Å². The molecule has 1 N–H and O–H groups in total. The first-order chi connectivity index (χ1) is 21.3. The number of phenolic OH excluding ortho intramolecular Hbond substituents is 1. The van der Waals surface area contributed by atoms with Crippen molar-refractivity contribution in [1.29, 1.82) is 0 Å². The number of rotatable bonds is 5. The second-order valence-electron chi connectivity index (χ2n) is 11.6. The molecule has 0 aliphatic carbocycles. The van der Waals surface area contributed by atoms with Crippen LogP contribution in [0.3, 0.4) is 0 Å². The number of hydrogen-bond donors (Lipinski definition) is 1. The highest BCUT2D eigenvalue weighted by Gasteiger charge is 2.49. The highest BCUT2D eigenvalue weighted by Crippen LogP contribution is 2.41. The number of hydrogen-bond acceptors (Lipinski definition) is 8. The van der Waals surface area contributed by atoms with E-state index in [0.29, 0.717) is 31.3 Å². The minimum atomic E-state index is -1.59. The Morgan fingerprint density at radius 3 is 2.84 bits per heavy atom. The third kappa shape index (κ3) is 4.84. The molecule has 3 saturated heterocycles. The van der Waals surface area contributed by atoms with E-state index in [0.717, 1.165) is 19.4 Å². The molecule has 7 rings (SSSR count). The summed E-state index contributed by atoms with van der Waals surface area (Å²) in [5.41, 5.74) is -0.928. The molecule has 228 valence electrons. The van der Waals surface area contributed by atoms with Crippen LogP contribution in [0.4, 0.5) is 23.4 Å². The molecular weight excluding hydrogens is 578 g/mol. The second-order valence-corrected chi connectivity index (χ2v) is 11.6. The van der Waals surface area contributed by atoms with Crippen molar-refractivity contribution in [2.24, 2.45) is 0 Å². The van der Waals surface area contributed by atoms with Crippen molar-refractivity contribution in [2.45, 2.75) is 43.8 Å². The molecular formula is C32H29F4N5O3. The zero-order valence-electron chi connectivity index (χ0n) is 23.7. The first kappa shape index (κ1) is 28.6. The molecule has 44 heavy (non-hydrogen) atoms. The van der Waals surface area contributed by atoms with Crippen LogP contribution in [0.25, 0.3) is 32.9 Å². The van der Waals surface area contributed by atoms with Gasteiger partial charge in [0.1, 0.15) is 41.4 Å². The number of benzene rings is 2. The first-order valence-corrected chi connectivity index (χ1v) is 14.6. The van der Waals surface area contributed by atoms with E-state index < -0.39 is 29.7 Å². The highest BCUT2D eigenvalue weighted by atomic mass is 19.1. The SMILES string of the molecule is C#Cc1c(F)ccc2cc(O)cc(-c3ncc4c(N5CCCOC(F)C5)nc(OC[C@@]56CCCN5C[C@H](F)C6)nc4c3F)c12. The van der Waals surface area contributed by atoms with E-state index in [2.05, 4.69) is 25.8 Å². The lowest BCUT2D eigenvalue weighted by Crippen LogP contribution is -2.43. The summed E-state index contributed by atoms with van der Waals surface area (Å²) in [5.74, 6) is 0.771. The van der Waals surface area contributed by atoms with E-state index in [1.165, 1.54) is 30.5 Å². The second kappa shape index (κ2) is 11.1. The van der Waals surface area contributed by atoms with Crippen LogP contribution in [-0.2, 0) is 4.74 Å². The number of aromatic hydroxyl groups is 1. The summed E-state index contributed by atoms with van der Waals surface area (Å²) < 4.78 is 71.6. The molecule has 5 heterocycles. The number of alkyl halides is 2. The van der Waals surface area contributed by atoms with Gasteiger partial charge in [0, 0.05) is 36.7 Å². The van der Waals surface area contributed by atoms with E-state index in [9.17, 15) is 18.3 Å². The Labute approximate surface area is 250 Å². The molecule has 3 atom stereocenters. The van der Waals surface area contributed by atoms with Gasteiger partial charge in [-0.3, -0.25) is 9.88 Å². The van der Waals surface area contributed by atoms with Crippen LogP contribution in [0.1, 0.15) is 31.2 Å². The van der Waals surface area contributed by atoms with Crippen molar-refractivity contribution in [3.63, 3.8) is 0 Å². The van der Waals surface area contributed by atoms with Crippen molar-refractivity contribution >= 4 is 27.5 Å². The normalized spacial score (nSPS) is 24.0. The molecule has 2 aromatic heterocycles. The van der Waals surface area contributed by atoms with Crippen LogP contribution >= 0.6 is 0 Å². The quantitative estimate of drug-likeness (QED) is 0.242. The Morgan fingerprint density at radius 2 is 2.00 bits per heavy atom. The summed E-state index contributed by atoms with van der Waals surface area (Å²) in [4.78, 5) is 17.1. The zero-order chi connectivity index (χ0) is 30.6. The van der Waals surface area contributed by atoms with Crippen molar-refractivity contribution in [3.05, 3.63) is 47.7 Å². The van der Waals surface area contributed by atoms with Gasteiger partial charge < -0.3 is 19.5 Å². The monoisotopic (exact) mass is 607 g/mol. The zero-order valence-corrected chi connectivity index (χ0v) is 23.7. The number of pyridine rings is 1. The van der Waals surface area contributed by atoms with Gasteiger partial charge >= 0.3 is 6.01 Å².